The highest BCUT2D eigenvalue weighted by Crippen LogP contribution is 2.14. The first kappa shape index (κ1) is 18.8. The van der Waals surface area contributed by atoms with Crippen LogP contribution in [-0.4, -0.2) is 47.6 Å². The zero-order valence-electron chi connectivity index (χ0n) is 14.8. The first-order valence-electron chi connectivity index (χ1n) is 8.22. The molecular weight excluding hydrogens is 324 g/mol. The molecule has 1 aromatic carbocycles. The van der Waals surface area contributed by atoms with E-state index < -0.39 is 23.8 Å². The van der Waals surface area contributed by atoms with Crippen molar-refractivity contribution in [2.24, 2.45) is 0 Å². The van der Waals surface area contributed by atoms with Crippen molar-refractivity contribution in [3.05, 3.63) is 35.9 Å². The number of likely N-dealkylation sites (tertiary alicyclic amines) is 1. The molecule has 1 fully saturated rings. The monoisotopic (exact) mass is 348 g/mol. The molecule has 1 atom stereocenters. The lowest BCUT2D eigenvalue weighted by Crippen LogP contribution is -2.55. The van der Waals surface area contributed by atoms with Gasteiger partial charge in [-0.15, -0.1) is 0 Å². The van der Waals surface area contributed by atoms with Gasteiger partial charge in [0.2, 0.25) is 0 Å². The highest BCUT2D eigenvalue weighted by molar-refractivity contribution is 5.89. The minimum Gasteiger partial charge on any atom is -0.445 e. The number of alkyl carbamates (subject to hydrolysis) is 1. The molecule has 0 spiro atoms. The van der Waals surface area contributed by atoms with Gasteiger partial charge in [-0.2, -0.15) is 0 Å². The van der Waals surface area contributed by atoms with Crippen LogP contribution in [0, 0.1) is 0 Å². The summed E-state index contributed by atoms with van der Waals surface area (Å²) in [5.41, 5.74) is 0.235. The molecule has 1 aromatic rings. The van der Waals surface area contributed by atoms with Gasteiger partial charge in [0.25, 0.3) is 0 Å². The van der Waals surface area contributed by atoms with Crippen LogP contribution in [0.1, 0.15) is 32.8 Å². The van der Waals surface area contributed by atoms with E-state index in [4.69, 9.17) is 9.47 Å². The van der Waals surface area contributed by atoms with Gasteiger partial charge in [-0.25, -0.2) is 9.59 Å². The number of ether oxygens (including phenoxy) is 2. The fourth-order valence-corrected chi connectivity index (χ4v) is 2.36. The number of benzene rings is 1. The van der Waals surface area contributed by atoms with E-state index in [9.17, 15) is 14.4 Å². The van der Waals surface area contributed by atoms with Gasteiger partial charge in [-0.1, -0.05) is 30.3 Å². The lowest BCUT2D eigenvalue weighted by Gasteiger charge is -2.33. The summed E-state index contributed by atoms with van der Waals surface area (Å²) in [6.45, 7) is 5.80. The fourth-order valence-electron chi connectivity index (χ4n) is 2.36. The quantitative estimate of drug-likeness (QED) is 0.907. The third-order valence-electron chi connectivity index (χ3n) is 3.58. The number of amides is 2. The summed E-state index contributed by atoms with van der Waals surface area (Å²) in [4.78, 5) is 37.5. The molecule has 7 nitrogen and oxygen atoms in total. The minimum absolute atomic E-state index is 0.0776. The van der Waals surface area contributed by atoms with E-state index in [1.165, 1.54) is 4.90 Å². The van der Waals surface area contributed by atoms with Gasteiger partial charge in [0, 0.05) is 13.0 Å². The zero-order valence-corrected chi connectivity index (χ0v) is 14.8. The Bertz CT molecular complexity index is 624. The number of carbonyl (C=O) groups excluding carboxylic acids is 3. The second-order valence-electron chi connectivity index (χ2n) is 6.90. The molecule has 2 rings (SSSR count). The largest absolute Gasteiger partial charge is 0.445 e. The van der Waals surface area contributed by atoms with E-state index in [-0.39, 0.29) is 31.9 Å². The summed E-state index contributed by atoms with van der Waals surface area (Å²) in [7, 11) is 0. The van der Waals surface area contributed by atoms with E-state index in [1.807, 2.05) is 30.3 Å². The molecule has 0 saturated carbocycles. The van der Waals surface area contributed by atoms with Crippen molar-refractivity contribution in [1.82, 2.24) is 10.2 Å². The maximum absolute atomic E-state index is 12.1. The van der Waals surface area contributed by atoms with Crippen molar-refractivity contribution in [3.8, 4) is 0 Å². The molecule has 7 heteroatoms. The molecule has 136 valence electrons. The third kappa shape index (κ3) is 6.10. The molecule has 1 aliphatic rings. The molecule has 1 aliphatic heterocycles. The normalized spacial score (nSPS) is 17.8. The Morgan fingerprint density at radius 3 is 2.56 bits per heavy atom. The van der Waals surface area contributed by atoms with Crippen molar-refractivity contribution < 1.29 is 23.9 Å². The molecular formula is C18H24N2O5. The molecule has 1 heterocycles. The van der Waals surface area contributed by atoms with Crippen molar-refractivity contribution in [3.63, 3.8) is 0 Å². The Balaban J connectivity index is 1.86. The SMILES string of the molecule is CC(C)(C)OC(=O)N1CCC(=O)C(NC(=O)OCc2ccccc2)C1. The van der Waals surface area contributed by atoms with Crippen LogP contribution < -0.4 is 5.32 Å². The molecule has 0 bridgehead atoms. The van der Waals surface area contributed by atoms with E-state index in [0.717, 1.165) is 5.56 Å². The molecule has 0 aromatic heterocycles. The molecule has 25 heavy (non-hydrogen) atoms. The Hall–Kier alpha value is -2.57. The molecule has 1 saturated heterocycles. The number of ketones is 1. The van der Waals surface area contributed by atoms with Gasteiger partial charge in [0.15, 0.2) is 5.78 Å². The van der Waals surface area contributed by atoms with Crippen LogP contribution in [0.3, 0.4) is 0 Å². The van der Waals surface area contributed by atoms with Gasteiger partial charge in [0.05, 0.1) is 6.54 Å². The lowest BCUT2D eigenvalue weighted by molar-refractivity contribution is -0.123. The Morgan fingerprint density at radius 1 is 1.24 bits per heavy atom. The van der Waals surface area contributed by atoms with Gasteiger partial charge in [0.1, 0.15) is 18.2 Å². The average molecular weight is 348 g/mol. The highest BCUT2D eigenvalue weighted by atomic mass is 16.6. The smallest absolute Gasteiger partial charge is 0.410 e. The summed E-state index contributed by atoms with van der Waals surface area (Å²) in [5, 5.41) is 2.53. The summed E-state index contributed by atoms with van der Waals surface area (Å²) >= 11 is 0. The zero-order chi connectivity index (χ0) is 18.4. The van der Waals surface area contributed by atoms with Crippen LogP contribution in [0.2, 0.25) is 0 Å². The van der Waals surface area contributed by atoms with Gasteiger partial charge in [-0.3, -0.25) is 4.79 Å². The van der Waals surface area contributed by atoms with Crippen LogP contribution in [-0.2, 0) is 20.9 Å². The van der Waals surface area contributed by atoms with E-state index in [1.54, 1.807) is 20.8 Å². The summed E-state index contributed by atoms with van der Waals surface area (Å²) < 4.78 is 10.4. The van der Waals surface area contributed by atoms with Crippen LogP contribution >= 0.6 is 0 Å². The third-order valence-corrected chi connectivity index (χ3v) is 3.58. The van der Waals surface area contributed by atoms with Crippen molar-refractivity contribution in [2.45, 2.75) is 45.4 Å². The fraction of sp³-hybridized carbons (Fsp3) is 0.500. The van der Waals surface area contributed by atoms with Crippen molar-refractivity contribution in [1.29, 1.82) is 0 Å². The number of piperidine rings is 1. The van der Waals surface area contributed by atoms with Gasteiger partial charge < -0.3 is 19.7 Å². The number of Topliss-reactive ketones (excluding diaryl/α,β-unsaturated/α-hetero) is 1. The predicted molar refractivity (Wildman–Crippen MR) is 91.0 cm³/mol. The van der Waals surface area contributed by atoms with Gasteiger partial charge in [-0.05, 0) is 26.3 Å². The molecule has 1 N–H and O–H groups in total. The van der Waals surface area contributed by atoms with Gasteiger partial charge >= 0.3 is 12.2 Å². The first-order valence-corrected chi connectivity index (χ1v) is 8.22. The van der Waals surface area contributed by atoms with Crippen LogP contribution in [0.4, 0.5) is 9.59 Å². The second-order valence-corrected chi connectivity index (χ2v) is 6.90. The van der Waals surface area contributed by atoms with E-state index in [0.29, 0.717) is 0 Å². The van der Waals surface area contributed by atoms with Crippen LogP contribution in [0.5, 0.6) is 0 Å². The van der Waals surface area contributed by atoms with Crippen LogP contribution in [0.15, 0.2) is 30.3 Å². The molecule has 2 amide bonds. The standard InChI is InChI=1S/C18H24N2O5/c1-18(2,3)25-17(23)20-10-9-15(21)14(11-20)19-16(22)24-12-13-7-5-4-6-8-13/h4-8,14H,9-12H2,1-3H3,(H,19,22). The Morgan fingerprint density at radius 2 is 1.92 bits per heavy atom. The first-order chi connectivity index (χ1) is 11.7. The Kier molecular flexibility index (Phi) is 6.01. The minimum atomic E-state index is -0.787. The maximum atomic E-state index is 12.1. The van der Waals surface area contributed by atoms with E-state index in [2.05, 4.69) is 5.32 Å². The molecule has 0 aliphatic carbocycles. The average Bonchev–Trinajstić information content (AvgIpc) is 2.54. The van der Waals surface area contributed by atoms with Crippen LogP contribution in [0.25, 0.3) is 0 Å². The number of hydrogen-bond donors (Lipinski definition) is 1. The number of carbonyl (C=O) groups is 3. The maximum Gasteiger partial charge on any atom is 0.410 e. The summed E-state index contributed by atoms with van der Waals surface area (Å²) in [6.07, 6.45) is -1.01. The topological polar surface area (TPSA) is 84.9 Å². The number of nitrogens with one attached hydrogen (secondary N) is 1. The Labute approximate surface area is 147 Å². The second kappa shape index (κ2) is 8.00. The predicted octanol–water partition coefficient (Wildman–Crippen LogP) is 2.49. The number of rotatable bonds is 3. The summed E-state index contributed by atoms with van der Waals surface area (Å²) in [5.74, 6) is -0.128. The lowest BCUT2D eigenvalue weighted by atomic mass is 10.0. The number of nitrogens with zero attached hydrogens (tertiary/aromatic N) is 1. The number of hydrogen-bond acceptors (Lipinski definition) is 5. The molecule has 1 unspecified atom stereocenters. The van der Waals surface area contributed by atoms with E-state index >= 15 is 0 Å². The van der Waals surface area contributed by atoms with Crippen molar-refractivity contribution >= 4 is 18.0 Å². The summed E-state index contributed by atoms with van der Waals surface area (Å²) in [6, 6.07) is 8.45. The van der Waals surface area contributed by atoms with Crippen molar-refractivity contribution in [2.75, 3.05) is 13.1 Å². The molecule has 0 radical (unpaired) electrons. The highest BCUT2D eigenvalue weighted by Gasteiger charge is 2.33.